The molecule has 0 spiro atoms. The van der Waals surface area contributed by atoms with Crippen LogP contribution in [0.3, 0.4) is 0 Å². The summed E-state index contributed by atoms with van der Waals surface area (Å²) in [4.78, 5) is 28.3. The van der Waals surface area contributed by atoms with Crippen molar-refractivity contribution in [3.63, 3.8) is 0 Å². The molecule has 1 heterocycles. The van der Waals surface area contributed by atoms with Crippen molar-refractivity contribution in [1.82, 2.24) is 4.90 Å². The largest absolute Gasteiger partial charge is 0.457 e. The minimum Gasteiger partial charge on any atom is -0.457 e. The van der Waals surface area contributed by atoms with Gasteiger partial charge in [-0.2, -0.15) is 0 Å². The second-order valence-electron chi connectivity index (χ2n) is 9.10. The average Bonchev–Trinajstić information content (AvgIpc) is 2.88. The van der Waals surface area contributed by atoms with Gasteiger partial charge in [0.1, 0.15) is 17.2 Å². The van der Waals surface area contributed by atoms with Crippen molar-refractivity contribution in [2.24, 2.45) is 5.92 Å². The van der Waals surface area contributed by atoms with E-state index in [4.69, 9.17) is 4.74 Å². The van der Waals surface area contributed by atoms with Crippen LogP contribution in [0.1, 0.15) is 40.5 Å². The van der Waals surface area contributed by atoms with Crippen molar-refractivity contribution in [3.05, 3.63) is 101 Å². The van der Waals surface area contributed by atoms with Gasteiger partial charge in [-0.05, 0) is 55.2 Å². The topological polar surface area (TPSA) is 92.8 Å². The van der Waals surface area contributed by atoms with E-state index in [0.717, 1.165) is 12.8 Å². The maximum atomic E-state index is 13.6. The second-order valence-corrected chi connectivity index (χ2v) is 10.7. The molecule has 36 heavy (non-hydrogen) atoms. The monoisotopic (exact) mass is 502 g/mol. The first-order chi connectivity index (χ1) is 17.3. The maximum absolute atomic E-state index is 13.6. The van der Waals surface area contributed by atoms with Crippen molar-refractivity contribution >= 4 is 27.3 Å². The standard InChI is InChI=1S/C28H26N2O5S/c1-19-15-17-30(18-16-19)25-26(31)23-9-5-6-10-24(23)27(32)28(25)36(33,34)29-20-11-13-22(14-12-20)35-21-7-3-2-4-8-21/h2-14,19,29H,15-18H2,1H3. The lowest BCUT2D eigenvalue weighted by Gasteiger charge is -2.35. The number of Topliss-reactive ketones (excluding diaryl/α,β-unsaturated/α-hetero) is 2. The Morgan fingerprint density at radius 2 is 1.33 bits per heavy atom. The molecular weight excluding hydrogens is 476 g/mol. The molecule has 184 valence electrons. The highest BCUT2D eigenvalue weighted by molar-refractivity contribution is 7.97. The number of carbonyl (C=O) groups excluding carboxylic acids is 2. The number of sulfonamides is 1. The van der Waals surface area contributed by atoms with E-state index in [9.17, 15) is 18.0 Å². The summed E-state index contributed by atoms with van der Waals surface area (Å²) in [6.45, 7) is 3.16. The Morgan fingerprint density at radius 1 is 0.778 bits per heavy atom. The van der Waals surface area contributed by atoms with E-state index < -0.39 is 26.5 Å². The first-order valence-electron chi connectivity index (χ1n) is 11.9. The molecule has 0 saturated carbocycles. The fourth-order valence-corrected chi connectivity index (χ4v) is 5.91. The van der Waals surface area contributed by atoms with Gasteiger partial charge >= 0.3 is 0 Å². The summed E-state index contributed by atoms with van der Waals surface area (Å²) >= 11 is 0. The number of nitrogens with one attached hydrogen (secondary N) is 1. The Bertz CT molecular complexity index is 1440. The molecular formula is C28H26N2O5S. The summed E-state index contributed by atoms with van der Waals surface area (Å²) in [5.41, 5.74) is 0.553. The van der Waals surface area contributed by atoms with Gasteiger partial charge in [0.25, 0.3) is 10.0 Å². The van der Waals surface area contributed by atoms with Gasteiger partial charge in [0.2, 0.25) is 11.6 Å². The highest BCUT2D eigenvalue weighted by Gasteiger charge is 2.42. The van der Waals surface area contributed by atoms with Crippen molar-refractivity contribution in [2.75, 3.05) is 17.8 Å². The minimum absolute atomic E-state index is 0.0397. The van der Waals surface area contributed by atoms with Gasteiger partial charge < -0.3 is 9.64 Å². The molecule has 1 aliphatic carbocycles. The Morgan fingerprint density at radius 3 is 1.97 bits per heavy atom. The first kappa shape index (κ1) is 23.8. The number of hydrogen-bond acceptors (Lipinski definition) is 6. The molecule has 1 saturated heterocycles. The van der Waals surface area contributed by atoms with Crippen LogP contribution in [0.25, 0.3) is 0 Å². The lowest BCUT2D eigenvalue weighted by Crippen LogP contribution is -2.41. The third kappa shape index (κ3) is 4.64. The van der Waals surface area contributed by atoms with E-state index in [1.54, 1.807) is 47.4 Å². The van der Waals surface area contributed by atoms with Crippen molar-refractivity contribution in [1.29, 1.82) is 0 Å². The molecule has 1 fully saturated rings. The molecule has 0 atom stereocenters. The van der Waals surface area contributed by atoms with Gasteiger partial charge in [-0.15, -0.1) is 0 Å². The number of ether oxygens (including phenoxy) is 1. The molecule has 8 heteroatoms. The van der Waals surface area contributed by atoms with Crippen LogP contribution in [-0.4, -0.2) is 38.0 Å². The molecule has 5 rings (SSSR count). The Balaban J connectivity index is 1.48. The zero-order chi connectivity index (χ0) is 25.3. The number of anilines is 1. The second kappa shape index (κ2) is 9.62. The number of allylic oxidation sites excluding steroid dienone is 2. The zero-order valence-corrected chi connectivity index (χ0v) is 20.6. The zero-order valence-electron chi connectivity index (χ0n) is 19.8. The molecule has 0 radical (unpaired) electrons. The molecule has 0 amide bonds. The van der Waals surface area contributed by atoms with E-state index in [2.05, 4.69) is 11.6 Å². The van der Waals surface area contributed by atoms with Crippen LogP contribution in [0.5, 0.6) is 11.5 Å². The summed E-state index contributed by atoms with van der Waals surface area (Å²) in [7, 11) is -4.37. The quantitative estimate of drug-likeness (QED) is 0.495. The van der Waals surface area contributed by atoms with Crippen LogP contribution >= 0.6 is 0 Å². The van der Waals surface area contributed by atoms with Crippen LogP contribution in [0.4, 0.5) is 5.69 Å². The normalized spacial score (nSPS) is 16.6. The summed E-state index contributed by atoms with van der Waals surface area (Å²) in [5.74, 6) is 0.547. The Kier molecular flexibility index (Phi) is 6.36. The average molecular weight is 503 g/mol. The molecule has 2 aliphatic rings. The molecule has 1 aliphatic heterocycles. The number of likely N-dealkylation sites (tertiary alicyclic amines) is 1. The molecule has 0 bridgehead atoms. The first-order valence-corrected chi connectivity index (χ1v) is 13.4. The van der Waals surface area contributed by atoms with E-state index in [-0.39, 0.29) is 22.5 Å². The molecule has 0 aromatic heterocycles. The van der Waals surface area contributed by atoms with Gasteiger partial charge in [-0.25, -0.2) is 8.42 Å². The number of fused-ring (bicyclic) bond motifs is 1. The summed E-state index contributed by atoms with van der Waals surface area (Å²) in [5, 5.41) is 0. The summed E-state index contributed by atoms with van der Waals surface area (Å²) in [6.07, 6.45) is 1.63. The predicted molar refractivity (Wildman–Crippen MR) is 138 cm³/mol. The third-order valence-corrected chi connectivity index (χ3v) is 7.93. The lowest BCUT2D eigenvalue weighted by atomic mass is 9.90. The van der Waals surface area contributed by atoms with Gasteiger partial charge in [-0.3, -0.25) is 14.3 Å². The van der Waals surface area contributed by atoms with Gasteiger partial charge in [0.15, 0.2) is 4.91 Å². The molecule has 7 nitrogen and oxygen atoms in total. The smallest absolute Gasteiger partial charge is 0.268 e. The van der Waals surface area contributed by atoms with Crippen LogP contribution in [0.2, 0.25) is 0 Å². The molecule has 0 unspecified atom stereocenters. The van der Waals surface area contributed by atoms with Crippen molar-refractivity contribution < 1.29 is 22.7 Å². The van der Waals surface area contributed by atoms with Crippen LogP contribution in [-0.2, 0) is 10.0 Å². The number of hydrogen-bond donors (Lipinski definition) is 1. The molecule has 3 aromatic rings. The Labute approximate surface area is 210 Å². The number of para-hydroxylation sites is 1. The number of benzene rings is 3. The van der Waals surface area contributed by atoms with Gasteiger partial charge in [0.05, 0.1) is 0 Å². The lowest BCUT2D eigenvalue weighted by molar-refractivity contribution is 0.0933. The van der Waals surface area contributed by atoms with Gasteiger partial charge in [0, 0.05) is 29.9 Å². The SMILES string of the molecule is CC1CCN(C2=C(S(=O)(=O)Nc3ccc(Oc4ccccc4)cc3)C(=O)c3ccccc3C2=O)CC1. The minimum atomic E-state index is -4.37. The fraction of sp³-hybridized carbons (Fsp3) is 0.214. The summed E-state index contributed by atoms with van der Waals surface area (Å²) < 4.78 is 35.5. The maximum Gasteiger partial charge on any atom is 0.268 e. The van der Waals surface area contributed by atoms with E-state index in [0.29, 0.717) is 30.5 Å². The predicted octanol–water partition coefficient (Wildman–Crippen LogP) is 5.24. The highest BCUT2D eigenvalue weighted by atomic mass is 32.2. The highest BCUT2D eigenvalue weighted by Crippen LogP contribution is 2.34. The van der Waals surface area contributed by atoms with Crippen LogP contribution in [0.15, 0.2) is 89.5 Å². The molecule has 1 N–H and O–H groups in total. The third-order valence-electron chi connectivity index (χ3n) is 6.51. The van der Waals surface area contributed by atoms with Crippen LogP contribution < -0.4 is 9.46 Å². The number of piperidine rings is 1. The molecule has 3 aromatic carbocycles. The van der Waals surface area contributed by atoms with Crippen molar-refractivity contribution in [2.45, 2.75) is 19.8 Å². The van der Waals surface area contributed by atoms with E-state index >= 15 is 0 Å². The number of rotatable bonds is 6. The van der Waals surface area contributed by atoms with E-state index in [1.165, 1.54) is 6.07 Å². The van der Waals surface area contributed by atoms with Crippen LogP contribution in [0, 0.1) is 5.92 Å². The number of ketones is 2. The summed E-state index contributed by atoms with van der Waals surface area (Å²) in [6, 6.07) is 22.0. The van der Waals surface area contributed by atoms with Gasteiger partial charge in [-0.1, -0.05) is 49.4 Å². The Hall–Kier alpha value is -3.91. The van der Waals surface area contributed by atoms with E-state index in [1.807, 2.05) is 30.3 Å². The number of nitrogens with zero attached hydrogens (tertiary/aromatic N) is 1. The number of carbonyl (C=O) groups is 2. The fourth-order valence-electron chi connectivity index (χ4n) is 4.53. The van der Waals surface area contributed by atoms with Crippen molar-refractivity contribution in [3.8, 4) is 11.5 Å².